The van der Waals surface area contributed by atoms with E-state index in [9.17, 15) is 9.59 Å². The highest BCUT2D eigenvalue weighted by Gasteiger charge is 2.20. The van der Waals surface area contributed by atoms with Gasteiger partial charge in [-0.05, 0) is 72.6 Å². The number of hydrogen-bond acceptors (Lipinski definition) is 7. The molecule has 212 valence electrons. The standard InChI is InChI=1S/C33H29N3O6/c1-4-41-25-14-15-27-26(19-25)30(22-9-6-5-7-10-22)31(35-27)32(37)36-34-20-21-13-16-28(29(17-21)40-3)42-33(38)23-11-8-12-24(18-23)39-2/h5-20,35H,4H2,1-3H3,(H,36,37). The van der Waals surface area contributed by atoms with E-state index >= 15 is 0 Å². The van der Waals surface area contributed by atoms with Gasteiger partial charge in [-0.3, -0.25) is 4.79 Å². The lowest BCUT2D eigenvalue weighted by Crippen LogP contribution is -2.18. The average molecular weight is 564 g/mol. The summed E-state index contributed by atoms with van der Waals surface area (Å²) in [6, 6.07) is 27.0. The first-order valence-electron chi connectivity index (χ1n) is 13.2. The number of hydrogen-bond donors (Lipinski definition) is 2. The number of carbonyl (C=O) groups excluding carboxylic acids is 2. The fourth-order valence-corrected chi connectivity index (χ4v) is 4.48. The summed E-state index contributed by atoms with van der Waals surface area (Å²) in [5.41, 5.74) is 6.38. The molecule has 1 aromatic heterocycles. The molecule has 1 heterocycles. The van der Waals surface area contributed by atoms with Crippen molar-refractivity contribution in [2.75, 3.05) is 20.8 Å². The molecule has 2 N–H and O–H groups in total. The number of esters is 1. The van der Waals surface area contributed by atoms with E-state index in [2.05, 4.69) is 15.5 Å². The van der Waals surface area contributed by atoms with Crippen molar-refractivity contribution >= 4 is 29.0 Å². The molecule has 9 nitrogen and oxygen atoms in total. The summed E-state index contributed by atoms with van der Waals surface area (Å²) >= 11 is 0. The van der Waals surface area contributed by atoms with Gasteiger partial charge in [-0.2, -0.15) is 5.10 Å². The molecule has 0 aliphatic carbocycles. The van der Waals surface area contributed by atoms with Crippen LogP contribution in [-0.4, -0.2) is 43.9 Å². The van der Waals surface area contributed by atoms with Crippen molar-refractivity contribution in [1.29, 1.82) is 0 Å². The Balaban J connectivity index is 1.35. The SMILES string of the molecule is CCOc1ccc2[nH]c(C(=O)NN=Cc3ccc(OC(=O)c4cccc(OC)c4)c(OC)c3)c(-c3ccccc3)c2c1. The van der Waals surface area contributed by atoms with Gasteiger partial charge in [0.1, 0.15) is 17.2 Å². The summed E-state index contributed by atoms with van der Waals surface area (Å²) in [6.45, 7) is 2.46. The third-order valence-electron chi connectivity index (χ3n) is 6.45. The van der Waals surface area contributed by atoms with Crippen molar-refractivity contribution in [3.63, 3.8) is 0 Å². The minimum atomic E-state index is -0.554. The normalized spacial score (nSPS) is 10.9. The van der Waals surface area contributed by atoms with Crippen LogP contribution in [-0.2, 0) is 0 Å². The first kappa shape index (κ1) is 28.0. The van der Waals surface area contributed by atoms with E-state index in [0.29, 0.717) is 34.9 Å². The summed E-state index contributed by atoms with van der Waals surface area (Å²) in [4.78, 5) is 29.2. The number of aromatic nitrogens is 1. The minimum Gasteiger partial charge on any atom is -0.497 e. The molecule has 1 amide bonds. The van der Waals surface area contributed by atoms with E-state index < -0.39 is 11.9 Å². The second-order valence-corrected chi connectivity index (χ2v) is 9.11. The van der Waals surface area contributed by atoms with Crippen molar-refractivity contribution in [1.82, 2.24) is 10.4 Å². The van der Waals surface area contributed by atoms with Crippen LogP contribution in [0.5, 0.6) is 23.0 Å². The van der Waals surface area contributed by atoms with Crippen molar-refractivity contribution in [3.05, 3.63) is 108 Å². The molecular weight excluding hydrogens is 534 g/mol. The number of aromatic amines is 1. The van der Waals surface area contributed by atoms with Gasteiger partial charge < -0.3 is 23.9 Å². The van der Waals surface area contributed by atoms with Crippen LogP contribution in [0.1, 0.15) is 33.3 Å². The van der Waals surface area contributed by atoms with Gasteiger partial charge in [-0.1, -0.05) is 36.4 Å². The lowest BCUT2D eigenvalue weighted by Gasteiger charge is -2.10. The highest BCUT2D eigenvalue weighted by atomic mass is 16.6. The van der Waals surface area contributed by atoms with Crippen LogP contribution in [0.15, 0.2) is 96.1 Å². The van der Waals surface area contributed by atoms with Crippen LogP contribution in [0.4, 0.5) is 0 Å². The third kappa shape index (κ3) is 6.10. The van der Waals surface area contributed by atoms with Crippen LogP contribution >= 0.6 is 0 Å². The Morgan fingerprint density at radius 1 is 0.857 bits per heavy atom. The number of ether oxygens (including phenoxy) is 4. The van der Waals surface area contributed by atoms with Crippen LogP contribution in [0.3, 0.4) is 0 Å². The number of fused-ring (bicyclic) bond motifs is 1. The predicted octanol–water partition coefficient (Wildman–Crippen LogP) is 6.23. The van der Waals surface area contributed by atoms with Gasteiger partial charge in [0.05, 0.1) is 32.6 Å². The summed E-state index contributed by atoms with van der Waals surface area (Å²) < 4.78 is 21.8. The zero-order valence-corrected chi connectivity index (χ0v) is 23.3. The van der Waals surface area contributed by atoms with Gasteiger partial charge in [0.15, 0.2) is 11.5 Å². The number of H-pyrrole nitrogens is 1. The lowest BCUT2D eigenvalue weighted by molar-refractivity contribution is 0.0729. The Morgan fingerprint density at radius 3 is 2.45 bits per heavy atom. The van der Waals surface area contributed by atoms with Gasteiger partial charge in [0.2, 0.25) is 0 Å². The molecule has 42 heavy (non-hydrogen) atoms. The first-order valence-corrected chi connectivity index (χ1v) is 13.2. The van der Waals surface area contributed by atoms with E-state index in [0.717, 1.165) is 27.8 Å². The Morgan fingerprint density at radius 2 is 1.69 bits per heavy atom. The minimum absolute atomic E-state index is 0.239. The molecule has 4 aromatic carbocycles. The Labute approximate surface area is 242 Å². The lowest BCUT2D eigenvalue weighted by atomic mass is 10.0. The summed E-state index contributed by atoms with van der Waals surface area (Å²) in [5.74, 6) is 0.871. The number of methoxy groups -OCH3 is 2. The van der Waals surface area contributed by atoms with E-state index in [4.69, 9.17) is 18.9 Å². The summed E-state index contributed by atoms with van der Waals surface area (Å²) in [7, 11) is 3.00. The Hall–Kier alpha value is -5.57. The number of hydrazone groups is 1. The molecule has 0 radical (unpaired) electrons. The number of nitrogens with zero attached hydrogens (tertiary/aromatic N) is 1. The molecule has 0 spiro atoms. The van der Waals surface area contributed by atoms with E-state index in [1.165, 1.54) is 20.4 Å². The molecule has 0 atom stereocenters. The maximum atomic E-state index is 13.3. The van der Waals surface area contributed by atoms with Gasteiger partial charge in [0, 0.05) is 16.5 Å². The summed E-state index contributed by atoms with van der Waals surface area (Å²) in [5, 5.41) is 5.02. The van der Waals surface area contributed by atoms with Crippen LogP contribution in [0.2, 0.25) is 0 Å². The van der Waals surface area contributed by atoms with E-state index in [1.807, 2.05) is 55.5 Å². The van der Waals surface area contributed by atoms with Gasteiger partial charge >= 0.3 is 5.97 Å². The maximum absolute atomic E-state index is 13.3. The van der Waals surface area contributed by atoms with Gasteiger partial charge in [-0.15, -0.1) is 0 Å². The van der Waals surface area contributed by atoms with E-state index in [-0.39, 0.29) is 5.75 Å². The Bertz CT molecular complexity index is 1760. The second kappa shape index (κ2) is 12.7. The number of rotatable bonds is 10. The van der Waals surface area contributed by atoms with Crippen molar-refractivity contribution in [3.8, 4) is 34.1 Å². The average Bonchev–Trinajstić information content (AvgIpc) is 3.41. The molecular formula is C33H29N3O6. The molecule has 5 rings (SSSR count). The third-order valence-corrected chi connectivity index (χ3v) is 6.45. The maximum Gasteiger partial charge on any atom is 0.343 e. The summed E-state index contributed by atoms with van der Waals surface area (Å²) in [6.07, 6.45) is 1.48. The highest BCUT2D eigenvalue weighted by Crippen LogP contribution is 2.35. The molecule has 0 bridgehead atoms. The largest absolute Gasteiger partial charge is 0.497 e. The predicted molar refractivity (Wildman–Crippen MR) is 161 cm³/mol. The Kier molecular flexibility index (Phi) is 8.48. The molecule has 0 saturated carbocycles. The smallest absolute Gasteiger partial charge is 0.343 e. The molecule has 0 saturated heterocycles. The number of benzene rings is 4. The quantitative estimate of drug-likeness (QED) is 0.0902. The highest BCUT2D eigenvalue weighted by molar-refractivity contribution is 6.10. The van der Waals surface area contributed by atoms with Gasteiger partial charge in [-0.25, -0.2) is 10.2 Å². The van der Waals surface area contributed by atoms with Gasteiger partial charge in [0.25, 0.3) is 5.91 Å². The molecule has 0 unspecified atom stereocenters. The van der Waals surface area contributed by atoms with Crippen LogP contribution < -0.4 is 24.4 Å². The number of amides is 1. The molecule has 0 aliphatic heterocycles. The van der Waals surface area contributed by atoms with Crippen LogP contribution in [0, 0.1) is 0 Å². The molecule has 5 aromatic rings. The van der Waals surface area contributed by atoms with Crippen molar-refractivity contribution in [2.45, 2.75) is 6.92 Å². The number of nitrogens with one attached hydrogen (secondary N) is 2. The van der Waals surface area contributed by atoms with Crippen molar-refractivity contribution < 1.29 is 28.5 Å². The molecule has 0 fully saturated rings. The first-order chi connectivity index (χ1) is 20.5. The second-order valence-electron chi connectivity index (χ2n) is 9.11. The van der Waals surface area contributed by atoms with Crippen molar-refractivity contribution in [2.24, 2.45) is 5.10 Å². The van der Waals surface area contributed by atoms with Crippen LogP contribution in [0.25, 0.3) is 22.0 Å². The molecule has 9 heteroatoms. The van der Waals surface area contributed by atoms with E-state index in [1.54, 1.807) is 42.5 Å². The zero-order valence-electron chi connectivity index (χ0n) is 23.3. The number of carbonyl (C=O) groups is 2. The topological polar surface area (TPSA) is 111 Å². The zero-order chi connectivity index (χ0) is 29.5. The monoisotopic (exact) mass is 563 g/mol. The molecule has 0 aliphatic rings. The fourth-order valence-electron chi connectivity index (χ4n) is 4.48. The fraction of sp³-hybridized carbons (Fsp3) is 0.121.